The smallest absolute Gasteiger partial charge is 0.0166 e. The Morgan fingerprint density at radius 1 is 1.36 bits per heavy atom. The maximum atomic E-state index is 3.54. The lowest BCUT2D eigenvalue weighted by Gasteiger charge is -2.27. The van der Waals surface area contributed by atoms with Gasteiger partial charge in [-0.1, -0.05) is 20.8 Å². The van der Waals surface area contributed by atoms with E-state index in [9.17, 15) is 0 Å². The summed E-state index contributed by atoms with van der Waals surface area (Å²) < 4.78 is 0. The van der Waals surface area contributed by atoms with E-state index in [2.05, 4.69) is 37.9 Å². The Hall–Kier alpha value is -0.0800. The van der Waals surface area contributed by atoms with Crippen LogP contribution in [0.4, 0.5) is 0 Å². The fraction of sp³-hybridized carbons (Fsp3) is 1.00. The van der Waals surface area contributed by atoms with Gasteiger partial charge in [-0.3, -0.25) is 0 Å². The van der Waals surface area contributed by atoms with E-state index in [-0.39, 0.29) is 0 Å². The second kappa shape index (κ2) is 5.72. The minimum Gasteiger partial charge on any atom is -0.313 e. The largest absolute Gasteiger partial charge is 0.313 e. The molecule has 0 amide bonds. The molecule has 1 rings (SSSR count). The summed E-state index contributed by atoms with van der Waals surface area (Å²) in [6.45, 7) is 14.3. The highest BCUT2D eigenvalue weighted by Crippen LogP contribution is 2.12. The molecular weight excluding hydrogens is 172 g/mol. The maximum Gasteiger partial charge on any atom is 0.0166 e. The van der Waals surface area contributed by atoms with Crippen molar-refractivity contribution in [2.75, 3.05) is 26.2 Å². The number of nitrogens with one attached hydrogen (secondary N) is 1. The highest BCUT2D eigenvalue weighted by atomic mass is 15.2. The lowest BCUT2D eigenvalue weighted by molar-refractivity contribution is 0.211. The first-order chi connectivity index (χ1) is 6.59. The minimum atomic E-state index is 0.664. The van der Waals surface area contributed by atoms with E-state index in [1.54, 1.807) is 0 Å². The summed E-state index contributed by atoms with van der Waals surface area (Å²) in [5.41, 5.74) is 0. The second-order valence-electron chi connectivity index (χ2n) is 5.19. The molecule has 0 aromatic rings. The molecule has 1 N–H and O–H groups in total. The van der Waals surface area contributed by atoms with Crippen molar-refractivity contribution >= 4 is 0 Å². The quantitative estimate of drug-likeness (QED) is 0.746. The molecule has 1 heterocycles. The summed E-state index contributed by atoms with van der Waals surface area (Å²) in [7, 11) is 0. The molecule has 1 fully saturated rings. The Morgan fingerprint density at radius 3 is 2.71 bits per heavy atom. The van der Waals surface area contributed by atoms with Crippen molar-refractivity contribution in [3.8, 4) is 0 Å². The van der Waals surface area contributed by atoms with Crippen molar-refractivity contribution in [2.45, 2.75) is 40.2 Å². The molecule has 2 unspecified atom stereocenters. The molecular formula is C12H26N2. The topological polar surface area (TPSA) is 15.3 Å². The van der Waals surface area contributed by atoms with Crippen LogP contribution in [0.5, 0.6) is 0 Å². The molecule has 84 valence electrons. The fourth-order valence-electron chi connectivity index (χ4n) is 1.98. The Morgan fingerprint density at radius 2 is 2.07 bits per heavy atom. The van der Waals surface area contributed by atoms with Crippen LogP contribution in [0.25, 0.3) is 0 Å². The third-order valence-electron chi connectivity index (χ3n) is 3.36. The van der Waals surface area contributed by atoms with Crippen LogP contribution >= 0.6 is 0 Å². The summed E-state index contributed by atoms with van der Waals surface area (Å²) in [5.74, 6) is 1.63. The number of nitrogens with zero attached hydrogens (tertiary/aromatic N) is 1. The molecule has 0 saturated carbocycles. The maximum absolute atomic E-state index is 3.54. The van der Waals surface area contributed by atoms with E-state index in [0.717, 1.165) is 11.8 Å². The van der Waals surface area contributed by atoms with Crippen LogP contribution in [0.3, 0.4) is 0 Å². The first kappa shape index (κ1) is 12.0. The molecule has 1 aliphatic heterocycles. The zero-order chi connectivity index (χ0) is 10.6. The molecule has 2 nitrogen and oxygen atoms in total. The van der Waals surface area contributed by atoms with E-state index >= 15 is 0 Å². The van der Waals surface area contributed by atoms with Gasteiger partial charge in [0.1, 0.15) is 0 Å². The second-order valence-corrected chi connectivity index (χ2v) is 5.19. The number of hydrogen-bond donors (Lipinski definition) is 1. The number of hydrogen-bond acceptors (Lipinski definition) is 2. The van der Waals surface area contributed by atoms with Crippen LogP contribution in [0, 0.1) is 11.8 Å². The highest BCUT2D eigenvalue weighted by molar-refractivity contribution is 4.74. The molecule has 0 spiro atoms. The van der Waals surface area contributed by atoms with Gasteiger partial charge in [-0.15, -0.1) is 0 Å². The normalized spacial score (nSPS) is 27.6. The molecule has 1 aliphatic rings. The van der Waals surface area contributed by atoms with Crippen LogP contribution < -0.4 is 5.32 Å². The third-order valence-corrected chi connectivity index (χ3v) is 3.36. The van der Waals surface area contributed by atoms with E-state index < -0.39 is 0 Å². The van der Waals surface area contributed by atoms with Gasteiger partial charge in [-0.05, 0) is 38.3 Å². The molecule has 0 aromatic carbocycles. The summed E-state index contributed by atoms with van der Waals surface area (Å²) >= 11 is 0. The zero-order valence-electron chi connectivity index (χ0n) is 10.2. The predicted molar refractivity (Wildman–Crippen MR) is 62.5 cm³/mol. The van der Waals surface area contributed by atoms with Crippen LogP contribution in [-0.2, 0) is 0 Å². The van der Waals surface area contributed by atoms with Gasteiger partial charge >= 0.3 is 0 Å². The monoisotopic (exact) mass is 198 g/mol. The van der Waals surface area contributed by atoms with E-state index in [1.165, 1.54) is 32.6 Å². The molecule has 0 radical (unpaired) electrons. The van der Waals surface area contributed by atoms with Gasteiger partial charge in [0.15, 0.2) is 0 Å². The summed E-state index contributed by atoms with van der Waals surface area (Å²) in [6, 6.07) is 0.664. The molecule has 0 bridgehead atoms. The van der Waals surface area contributed by atoms with Gasteiger partial charge in [0.25, 0.3) is 0 Å². The standard InChI is InChI=1S/C12H26N2/c1-10(2)11(3)8-14-7-5-6-13-12(4)9-14/h10-13H,5-9H2,1-4H3. The first-order valence-corrected chi connectivity index (χ1v) is 6.05. The Kier molecular flexibility index (Phi) is 4.90. The molecule has 14 heavy (non-hydrogen) atoms. The first-order valence-electron chi connectivity index (χ1n) is 6.05. The average molecular weight is 198 g/mol. The average Bonchev–Trinajstić information content (AvgIpc) is 2.29. The Balaban J connectivity index is 2.34. The Bertz CT molecular complexity index is 156. The van der Waals surface area contributed by atoms with Crippen molar-refractivity contribution in [3.05, 3.63) is 0 Å². The molecule has 0 aromatic heterocycles. The molecule has 2 heteroatoms. The van der Waals surface area contributed by atoms with Crippen LogP contribution in [0.15, 0.2) is 0 Å². The lowest BCUT2D eigenvalue weighted by atomic mass is 9.97. The van der Waals surface area contributed by atoms with Gasteiger partial charge in [0.05, 0.1) is 0 Å². The van der Waals surface area contributed by atoms with Gasteiger partial charge in [0, 0.05) is 19.1 Å². The summed E-state index contributed by atoms with van der Waals surface area (Å²) in [5, 5.41) is 3.54. The Labute approximate surface area is 89.1 Å². The van der Waals surface area contributed by atoms with Crippen molar-refractivity contribution in [1.29, 1.82) is 0 Å². The van der Waals surface area contributed by atoms with Crippen LogP contribution in [-0.4, -0.2) is 37.1 Å². The van der Waals surface area contributed by atoms with Gasteiger partial charge in [-0.2, -0.15) is 0 Å². The van der Waals surface area contributed by atoms with Gasteiger partial charge in [0.2, 0.25) is 0 Å². The van der Waals surface area contributed by atoms with E-state index in [1.807, 2.05) is 0 Å². The highest BCUT2D eigenvalue weighted by Gasteiger charge is 2.17. The summed E-state index contributed by atoms with van der Waals surface area (Å²) in [6.07, 6.45) is 1.30. The van der Waals surface area contributed by atoms with Crippen molar-refractivity contribution < 1.29 is 0 Å². The third kappa shape index (κ3) is 3.97. The minimum absolute atomic E-state index is 0.664. The van der Waals surface area contributed by atoms with Crippen molar-refractivity contribution in [3.63, 3.8) is 0 Å². The molecule has 2 atom stereocenters. The van der Waals surface area contributed by atoms with E-state index in [0.29, 0.717) is 6.04 Å². The molecule has 0 aliphatic carbocycles. The van der Waals surface area contributed by atoms with Crippen LogP contribution in [0.2, 0.25) is 0 Å². The predicted octanol–water partition coefficient (Wildman–Crippen LogP) is 1.96. The van der Waals surface area contributed by atoms with Crippen LogP contribution in [0.1, 0.15) is 34.1 Å². The summed E-state index contributed by atoms with van der Waals surface area (Å²) in [4.78, 5) is 2.62. The van der Waals surface area contributed by atoms with Gasteiger partial charge in [-0.25, -0.2) is 0 Å². The van der Waals surface area contributed by atoms with E-state index in [4.69, 9.17) is 0 Å². The lowest BCUT2D eigenvalue weighted by Crippen LogP contribution is -2.38. The zero-order valence-corrected chi connectivity index (χ0v) is 10.2. The molecule has 1 saturated heterocycles. The van der Waals surface area contributed by atoms with Crippen molar-refractivity contribution in [2.24, 2.45) is 11.8 Å². The fourth-order valence-corrected chi connectivity index (χ4v) is 1.98. The number of rotatable bonds is 3. The van der Waals surface area contributed by atoms with Gasteiger partial charge < -0.3 is 10.2 Å². The SMILES string of the molecule is CC1CN(CC(C)C(C)C)CCCN1. The van der Waals surface area contributed by atoms with Crippen molar-refractivity contribution in [1.82, 2.24) is 10.2 Å².